The number of para-hydroxylation sites is 1. The summed E-state index contributed by atoms with van der Waals surface area (Å²) in [6.07, 6.45) is 1.11. The van der Waals surface area contributed by atoms with E-state index >= 15 is 0 Å². The normalized spacial score (nSPS) is 20.3. The average Bonchev–Trinajstić information content (AvgIpc) is 2.39. The van der Waals surface area contributed by atoms with Crippen LogP contribution in [0.4, 0.5) is 0 Å². The molecule has 0 saturated heterocycles. The van der Waals surface area contributed by atoms with Crippen molar-refractivity contribution in [2.75, 3.05) is 18.5 Å². The zero-order valence-electron chi connectivity index (χ0n) is 11.2. The first-order valence-electron chi connectivity index (χ1n) is 6.73. The van der Waals surface area contributed by atoms with Crippen molar-refractivity contribution in [1.29, 1.82) is 0 Å². The molecule has 1 aliphatic rings. The van der Waals surface area contributed by atoms with Crippen molar-refractivity contribution in [2.45, 2.75) is 32.2 Å². The van der Waals surface area contributed by atoms with Crippen LogP contribution in [0.15, 0.2) is 24.3 Å². The molecule has 3 heteroatoms. The van der Waals surface area contributed by atoms with Gasteiger partial charge < -0.3 is 10.1 Å². The Labute approximate surface area is 118 Å². The largest absolute Gasteiger partial charge is 0.493 e. The standard InChI is InChI=1S/C15H22BrNO/c1-11(2)14(9-16)17-10-12-7-8-18-15-6-4-3-5-13(12)15/h3-6,11-12,14,17H,7-10H2,1-2H3. The van der Waals surface area contributed by atoms with E-state index in [4.69, 9.17) is 4.74 Å². The van der Waals surface area contributed by atoms with Gasteiger partial charge in [0.2, 0.25) is 0 Å². The van der Waals surface area contributed by atoms with Crippen molar-refractivity contribution < 1.29 is 4.74 Å². The lowest BCUT2D eigenvalue weighted by Gasteiger charge is -2.28. The average molecular weight is 312 g/mol. The van der Waals surface area contributed by atoms with Crippen LogP contribution in [0.25, 0.3) is 0 Å². The zero-order valence-corrected chi connectivity index (χ0v) is 12.7. The summed E-state index contributed by atoms with van der Waals surface area (Å²) in [5.74, 6) is 2.30. The summed E-state index contributed by atoms with van der Waals surface area (Å²) < 4.78 is 5.70. The fraction of sp³-hybridized carbons (Fsp3) is 0.600. The fourth-order valence-corrected chi connectivity index (χ4v) is 3.37. The lowest BCUT2D eigenvalue weighted by atomic mass is 9.92. The second-order valence-corrected chi connectivity index (χ2v) is 5.93. The van der Waals surface area contributed by atoms with E-state index in [2.05, 4.69) is 53.3 Å². The molecule has 0 aliphatic carbocycles. The summed E-state index contributed by atoms with van der Waals surface area (Å²) >= 11 is 3.59. The Balaban J connectivity index is 1.99. The first kappa shape index (κ1) is 13.9. The van der Waals surface area contributed by atoms with Crippen LogP contribution >= 0.6 is 15.9 Å². The maximum absolute atomic E-state index is 5.70. The molecule has 2 unspecified atom stereocenters. The van der Waals surface area contributed by atoms with Gasteiger partial charge in [0.1, 0.15) is 5.75 Å². The van der Waals surface area contributed by atoms with Crippen LogP contribution in [-0.2, 0) is 0 Å². The first-order chi connectivity index (χ1) is 8.72. The number of fused-ring (bicyclic) bond motifs is 1. The second-order valence-electron chi connectivity index (χ2n) is 5.28. The summed E-state index contributed by atoms with van der Waals surface area (Å²) in [5, 5.41) is 4.69. The Morgan fingerprint density at radius 1 is 1.39 bits per heavy atom. The van der Waals surface area contributed by atoms with Crippen LogP contribution in [0, 0.1) is 5.92 Å². The zero-order chi connectivity index (χ0) is 13.0. The molecule has 1 heterocycles. The molecule has 100 valence electrons. The highest BCUT2D eigenvalue weighted by Gasteiger charge is 2.22. The van der Waals surface area contributed by atoms with Crippen LogP contribution in [0.1, 0.15) is 31.7 Å². The predicted octanol–water partition coefficient (Wildman–Crippen LogP) is 3.56. The van der Waals surface area contributed by atoms with E-state index in [-0.39, 0.29) is 0 Å². The lowest BCUT2D eigenvalue weighted by molar-refractivity contribution is 0.260. The van der Waals surface area contributed by atoms with Gasteiger partial charge in [-0.1, -0.05) is 48.0 Å². The van der Waals surface area contributed by atoms with Crippen molar-refractivity contribution in [1.82, 2.24) is 5.32 Å². The minimum Gasteiger partial charge on any atom is -0.493 e. The Morgan fingerprint density at radius 3 is 2.89 bits per heavy atom. The van der Waals surface area contributed by atoms with Crippen LogP contribution in [0.5, 0.6) is 5.75 Å². The van der Waals surface area contributed by atoms with E-state index < -0.39 is 0 Å². The highest BCUT2D eigenvalue weighted by molar-refractivity contribution is 9.09. The Bertz CT molecular complexity index is 381. The van der Waals surface area contributed by atoms with Gasteiger partial charge in [-0.3, -0.25) is 0 Å². The number of alkyl halides is 1. The van der Waals surface area contributed by atoms with Crippen molar-refractivity contribution in [2.24, 2.45) is 5.92 Å². The van der Waals surface area contributed by atoms with Gasteiger partial charge >= 0.3 is 0 Å². The molecule has 0 spiro atoms. The summed E-state index contributed by atoms with van der Waals surface area (Å²) in [7, 11) is 0. The molecule has 2 atom stereocenters. The maximum atomic E-state index is 5.70. The summed E-state index contributed by atoms with van der Waals surface area (Å²) in [4.78, 5) is 0. The predicted molar refractivity (Wildman–Crippen MR) is 79.7 cm³/mol. The van der Waals surface area contributed by atoms with Crippen molar-refractivity contribution in [3.8, 4) is 5.75 Å². The van der Waals surface area contributed by atoms with Crippen LogP contribution in [0.3, 0.4) is 0 Å². The molecule has 2 nitrogen and oxygen atoms in total. The number of benzene rings is 1. The highest BCUT2D eigenvalue weighted by atomic mass is 79.9. The van der Waals surface area contributed by atoms with Crippen LogP contribution in [0.2, 0.25) is 0 Å². The van der Waals surface area contributed by atoms with Crippen LogP contribution in [-0.4, -0.2) is 24.5 Å². The van der Waals surface area contributed by atoms with E-state index in [1.807, 2.05) is 6.07 Å². The van der Waals surface area contributed by atoms with E-state index in [0.29, 0.717) is 17.9 Å². The quantitative estimate of drug-likeness (QED) is 0.840. The molecule has 0 amide bonds. The molecule has 1 N–H and O–H groups in total. The van der Waals surface area contributed by atoms with Gasteiger partial charge in [0.15, 0.2) is 0 Å². The van der Waals surface area contributed by atoms with Crippen LogP contribution < -0.4 is 10.1 Å². The van der Waals surface area contributed by atoms with Gasteiger partial charge in [-0.25, -0.2) is 0 Å². The number of halogens is 1. The number of hydrogen-bond donors (Lipinski definition) is 1. The van der Waals surface area contributed by atoms with Crippen molar-refractivity contribution >= 4 is 15.9 Å². The molecule has 0 radical (unpaired) electrons. The van der Waals surface area contributed by atoms with Gasteiger partial charge in [-0.2, -0.15) is 0 Å². The number of hydrogen-bond acceptors (Lipinski definition) is 2. The fourth-order valence-electron chi connectivity index (χ4n) is 2.39. The number of rotatable bonds is 5. The molecule has 1 aromatic rings. The van der Waals surface area contributed by atoms with Gasteiger partial charge in [0, 0.05) is 23.8 Å². The van der Waals surface area contributed by atoms with Crippen molar-refractivity contribution in [3.05, 3.63) is 29.8 Å². The Hall–Kier alpha value is -0.540. The van der Waals surface area contributed by atoms with E-state index in [1.54, 1.807) is 0 Å². The lowest BCUT2D eigenvalue weighted by Crippen LogP contribution is -2.38. The van der Waals surface area contributed by atoms with E-state index in [9.17, 15) is 0 Å². The highest BCUT2D eigenvalue weighted by Crippen LogP contribution is 2.32. The number of nitrogens with one attached hydrogen (secondary N) is 1. The molecule has 18 heavy (non-hydrogen) atoms. The summed E-state index contributed by atoms with van der Waals surface area (Å²) in [6, 6.07) is 8.96. The minimum atomic E-state index is 0.542. The monoisotopic (exact) mass is 311 g/mol. The maximum Gasteiger partial charge on any atom is 0.122 e. The van der Waals surface area contributed by atoms with Gasteiger partial charge in [0.25, 0.3) is 0 Å². The first-order valence-corrected chi connectivity index (χ1v) is 7.85. The Kier molecular flexibility index (Phi) is 5.07. The molecule has 2 rings (SSSR count). The molecule has 0 bridgehead atoms. The third kappa shape index (κ3) is 3.27. The smallest absolute Gasteiger partial charge is 0.122 e. The van der Waals surface area contributed by atoms with E-state index in [0.717, 1.165) is 30.7 Å². The third-order valence-corrected chi connectivity index (χ3v) is 4.38. The van der Waals surface area contributed by atoms with Crippen molar-refractivity contribution in [3.63, 3.8) is 0 Å². The topological polar surface area (TPSA) is 21.3 Å². The van der Waals surface area contributed by atoms with Gasteiger partial charge in [-0.15, -0.1) is 0 Å². The van der Waals surface area contributed by atoms with E-state index in [1.165, 1.54) is 5.56 Å². The molecule has 1 aliphatic heterocycles. The minimum absolute atomic E-state index is 0.542. The molecule has 0 fully saturated rings. The molecular formula is C15H22BrNO. The molecular weight excluding hydrogens is 290 g/mol. The SMILES string of the molecule is CC(C)C(CBr)NCC1CCOc2ccccc21. The molecule has 0 aromatic heterocycles. The third-order valence-electron chi connectivity index (χ3n) is 3.68. The molecule has 1 aromatic carbocycles. The van der Waals surface area contributed by atoms with Gasteiger partial charge in [-0.05, 0) is 24.0 Å². The van der Waals surface area contributed by atoms with Gasteiger partial charge in [0.05, 0.1) is 6.61 Å². The Morgan fingerprint density at radius 2 is 2.17 bits per heavy atom. The second kappa shape index (κ2) is 6.58. The molecule has 0 saturated carbocycles. The number of ether oxygens (including phenoxy) is 1. The summed E-state index contributed by atoms with van der Waals surface area (Å²) in [6.45, 7) is 6.40. The summed E-state index contributed by atoms with van der Waals surface area (Å²) in [5.41, 5.74) is 1.35.